The van der Waals surface area contributed by atoms with E-state index < -0.39 is 0 Å². The lowest BCUT2D eigenvalue weighted by Gasteiger charge is -2.43. The number of carbonyl (C=O) groups is 2. The zero-order valence-electron chi connectivity index (χ0n) is 17.0. The minimum Gasteiger partial charge on any atom is -0.341 e. The van der Waals surface area contributed by atoms with Gasteiger partial charge in [0.05, 0.1) is 10.9 Å². The highest BCUT2D eigenvalue weighted by Gasteiger charge is 2.39. The molecule has 3 aliphatic rings. The van der Waals surface area contributed by atoms with Crippen LogP contribution >= 0.6 is 11.3 Å². The summed E-state index contributed by atoms with van der Waals surface area (Å²) in [5, 5.41) is 1.96. The van der Waals surface area contributed by atoms with Gasteiger partial charge in [0.2, 0.25) is 5.91 Å². The summed E-state index contributed by atoms with van der Waals surface area (Å²) in [5.74, 6) is 1.73. The van der Waals surface area contributed by atoms with Gasteiger partial charge in [-0.1, -0.05) is 25.8 Å². The Morgan fingerprint density at radius 3 is 2.25 bits per heavy atom. The normalized spacial score (nSPS) is 23.9. The molecule has 6 heteroatoms. The maximum absolute atomic E-state index is 13.5. The first kappa shape index (κ1) is 19.9. The highest BCUT2D eigenvalue weighted by Crippen LogP contribution is 2.33. The first-order valence-electron chi connectivity index (χ1n) is 11.0. The van der Waals surface area contributed by atoms with Crippen molar-refractivity contribution >= 4 is 23.2 Å². The first-order chi connectivity index (χ1) is 13.6. The van der Waals surface area contributed by atoms with Crippen molar-refractivity contribution in [3.05, 3.63) is 22.4 Å². The average molecular weight is 404 g/mol. The van der Waals surface area contributed by atoms with Crippen LogP contribution < -0.4 is 0 Å². The van der Waals surface area contributed by atoms with E-state index in [2.05, 4.69) is 16.7 Å². The van der Waals surface area contributed by atoms with Gasteiger partial charge in [-0.05, 0) is 49.0 Å². The van der Waals surface area contributed by atoms with E-state index in [1.807, 2.05) is 22.4 Å². The fraction of sp³-hybridized carbons (Fsp3) is 0.727. The van der Waals surface area contributed by atoms with Crippen LogP contribution in [0.2, 0.25) is 0 Å². The monoisotopic (exact) mass is 403 g/mol. The Kier molecular flexibility index (Phi) is 6.36. The van der Waals surface area contributed by atoms with Gasteiger partial charge in [-0.2, -0.15) is 0 Å². The topological polar surface area (TPSA) is 43.9 Å². The van der Waals surface area contributed by atoms with Crippen LogP contribution in [0.3, 0.4) is 0 Å². The van der Waals surface area contributed by atoms with Gasteiger partial charge in [0, 0.05) is 39.3 Å². The fourth-order valence-electron chi connectivity index (χ4n) is 5.10. The first-order valence-corrected chi connectivity index (χ1v) is 11.9. The van der Waals surface area contributed by atoms with Crippen molar-refractivity contribution in [2.45, 2.75) is 51.5 Å². The predicted molar refractivity (Wildman–Crippen MR) is 113 cm³/mol. The van der Waals surface area contributed by atoms with Gasteiger partial charge in [0.1, 0.15) is 0 Å². The number of hydrogen-bond donors (Lipinski definition) is 0. The molecule has 0 N–H and O–H groups in total. The number of amides is 2. The summed E-state index contributed by atoms with van der Waals surface area (Å²) in [6.07, 6.45) is 7.12. The van der Waals surface area contributed by atoms with Crippen LogP contribution in [-0.2, 0) is 4.79 Å². The van der Waals surface area contributed by atoms with Gasteiger partial charge in [0.25, 0.3) is 5.91 Å². The molecule has 0 radical (unpaired) electrons. The van der Waals surface area contributed by atoms with E-state index in [1.54, 1.807) is 0 Å². The standard InChI is InChI=1S/C22H33N3O2S/c1-17-8-10-24(11-9-17)22(27)20(18-5-2-3-6-18)23-12-14-25(15-13-23)21(26)19-7-4-16-28-19/h4,7,16-18,20H,2-3,5-6,8-15H2,1H3/t20-/m1/s1. The molecule has 5 nitrogen and oxygen atoms in total. The minimum absolute atomic E-state index is 0.0231. The van der Waals surface area contributed by atoms with Gasteiger partial charge >= 0.3 is 0 Å². The number of nitrogens with zero attached hydrogens (tertiary/aromatic N) is 3. The van der Waals surface area contributed by atoms with Gasteiger partial charge in [0.15, 0.2) is 0 Å². The molecule has 3 heterocycles. The summed E-state index contributed by atoms with van der Waals surface area (Å²) in [6.45, 7) is 7.21. The third-order valence-electron chi connectivity index (χ3n) is 6.92. The molecule has 154 valence electrons. The third kappa shape index (κ3) is 4.28. The molecule has 1 atom stereocenters. The van der Waals surface area contributed by atoms with Crippen LogP contribution in [0.5, 0.6) is 0 Å². The van der Waals surface area contributed by atoms with Crippen LogP contribution in [0.4, 0.5) is 0 Å². The second kappa shape index (κ2) is 8.95. The number of piperidine rings is 1. The molecule has 2 aliphatic heterocycles. The van der Waals surface area contributed by atoms with E-state index in [4.69, 9.17) is 0 Å². The zero-order valence-corrected chi connectivity index (χ0v) is 17.8. The molecule has 0 unspecified atom stereocenters. The molecule has 0 aromatic carbocycles. The summed E-state index contributed by atoms with van der Waals surface area (Å²) >= 11 is 1.51. The fourth-order valence-corrected chi connectivity index (χ4v) is 5.80. The summed E-state index contributed by atoms with van der Waals surface area (Å²) in [7, 11) is 0. The molecule has 0 spiro atoms. The molecule has 3 fully saturated rings. The zero-order chi connectivity index (χ0) is 19.5. The molecule has 1 aromatic rings. The lowest BCUT2D eigenvalue weighted by atomic mass is 9.92. The van der Waals surface area contributed by atoms with Crippen molar-refractivity contribution in [3.8, 4) is 0 Å². The summed E-state index contributed by atoms with van der Waals surface area (Å²) in [5.41, 5.74) is 0. The predicted octanol–water partition coefficient (Wildman–Crippen LogP) is 3.32. The van der Waals surface area contributed by atoms with Gasteiger partial charge < -0.3 is 9.80 Å². The molecule has 28 heavy (non-hydrogen) atoms. The quantitative estimate of drug-likeness (QED) is 0.775. The number of hydrogen-bond acceptors (Lipinski definition) is 4. The van der Waals surface area contributed by atoms with Crippen molar-refractivity contribution < 1.29 is 9.59 Å². The van der Waals surface area contributed by atoms with E-state index in [-0.39, 0.29) is 11.9 Å². The summed E-state index contributed by atoms with van der Waals surface area (Å²) in [4.78, 5) is 33.5. The molecule has 0 bridgehead atoms. The second-order valence-corrected chi connectivity index (χ2v) is 9.75. The Labute approximate surface area is 172 Å². The van der Waals surface area contributed by atoms with Crippen molar-refractivity contribution in [2.24, 2.45) is 11.8 Å². The van der Waals surface area contributed by atoms with Crippen molar-refractivity contribution in [1.82, 2.24) is 14.7 Å². The molecule has 2 saturated heterocycles. The van der Waals surface area contributed by atoms with Crippen molar-refractivity contribution in [3.63, 3.8) is 0 Å². The maximum atomic E-state index is 13.5. The molecule has 4 rings (SSSR count). The van der Waals surface area contributed by atoms with Crippen LogP contribution in [0.15, 0.2) is 17.5 Å². The number of thiophene rings is 1. The van der Waals surface area contributed by atoms with Gasteiger partial charge in [-0.15, -0.1) is 11.3 Å². The Hall–Kier alpha value is -1.40. The Morgan fingerprint density at radius 1 is 0.964 bits per heavy atom. The molecule has 2 amide bonds. The lowest BCUT2D eigenvalue weighted by Crippen LogP contribution is -2.59. The Bertz CT molecular complexity index is 655. The van der Waals surface area contributed by atoms with Crippen LogP contribution in [0, 0.1) is 11.8 Å². The number of rotatable bonds is 4. The van der Waals surface area contributed by atoms with E-state index in [0.29, 0.717) is 11.8 Å². The third-order valence-corrected chi connectivity index (χ3v) is 7.78. The van der Waals surface area contributed by atoms with Crippen LogP contribution in [0.1, 0.15) is 55.1 Å². The molecular formula is C22H33N3O2S. The van der Waals surface area contributed by atoms with E-state index in [1.165, 1.54) is 37.0 Å². The van der Waals surface area contributed by atoms with Crippen LogP contribution in [0.25, 0.3) is 0 Å². The maximum Gasteiger partial charge on any atom is 0.264 e. The summed E-state index contributed by atoms with van der Waals surface area (Å²) in [6, 6.07) is 3.86. The largest absolute Gasteiger partial charge is 0.341 e. The molecule has 1 saturated carbocycles. The van der Waals surface area contributed by atoms with E-state index in [0.717, 1.165) is 62.9 Å². The van der Waals surface area contributed by atoms with Crippen molar-refractivity contribution in [1.29, 1.82) is 0 Å². The smallest absolute Gasteiger partial charge is 0.264 e. The lowest BCUT2D eigenvalue weighted by molar-refractivity contribution is -0.141. The van der Waals surface area contributed by atoms with E-state index in [9.17, 15) is 9.59 Å². The number of carbonyl (C=O) groups excluding carboxylic acids is 2. The van der Waals surface area contributed by atoms with Crippen LogP contribution in [-0.4, -0.2) is 71.8 Å². The minimum atomic E-state index is 0.0231. The highest BCUT2D eigenvalue weighted by molar-refractivity contribution is 7.12. The highest BCUT2D eigenvalue weighted by atomic mass is 32.1. The summed E-state index contributed by atoms with van der Waals surface area (Å²) < 4.78 is 0. The number of piperazine rings is 1. The van der Waals surface area contributed by atoms with E-state index >= 15 is 0 Å². The molecule has 1 aromatic heterocycles. The average Bonchev–Trinajstić information content (AvgIpc) is 3.43. The molecular weight excluding hydrogens is 370 g/mol. The second-order valence-electron chi connectivity index (χ2n) is 8.80. The Balaban J connectivity index is 1.41. The van der Waals surface area contributed by atoms with Gasteiger partial charge in [-0.3, -0.25) is 14.5 Å². The number of likely N-dealkylation sites (tertiary alicyclic amines) is 1. The SMILES string of the molecule is CC1CCN(C(=O)[C@@H](C2CCCC2)N2CCN(C(=O)c3cccs3)CC2)CC1. The molecule has 1 aliphatic carbocycles. The Morgan fingerprint density at radius 2 is 1.64 bits per heavy atom. The van der Waals surface area contributed by atoms with Crippen molar-refractivity contribution in [2.75, 3.05) is 39.3 Å². The van der Waals surface area contributed by atoms with Gasteiger partial charge in [-0.25, -0.2) is 0 Å².